The van der Waals surface area contributed by atoms with Crippen LogP contribution in [-0.2, 0) is 99.1 Å². The van der Waals surface area contributed by atoms with Gasteiger partial charge in [0, 0.05) is 43.3 Å². The number of hydrogen-bond acceptors (Lipinski definition) is 23. The molecule has 1 aromatic heterocycles. The summed E-state index contributed by atoms with van der Waals surface area (Å²) in [6.45, 7) is 14.1. The van der Waals surface area contributed by atoms with E-state index in [1.165, 1.54) is 13.8 Å². The van der Waals surface area contributed by atoms with Crippen LogP contribution < -0.4 is 114 Å². The van der Waals surface area contributed by atoms with Gasteiger partial charge in [0.2, 0.25) is 100 Å². The summed E-state index contributed by atoms with van der Waals surface area (Å²) in [6.07, 6.45) is 4.41. The molecule has 133 heavy (non-hydrogen) atoms. The summed E-state index contributed by atoms with van der Waals surface area (Å²) in [6, 6.07) is -3.65. The van der Waals surface area contributed by atoms with Crippen LogP contribution in [0.1, 0.15) is 221 Å². The SMILES string of the molecule is CC(=O)N[C@H](C(=O)N[C@@H](CC(C)C)C(=O)N[C@@H](CCCCN)C(=O)N[C@@H](CCC(N)=O)C(=O)N[C@@H](Cc1ccccc1)C(=O)N[C@@]1(C)CCC/C=C\CCC[C@@H](C(=O)N[C@@H](CCCCN)C(=O)N[C@@H](CC(=O)O)C(=O)N[C@@H](CC(C)C)C(=O)N[C@H](C(=O)N[C@@H](CCCCN)C(N)=O)C(C)C)NC(=O)[C@H](Cc2c[nH]c3ccccc23)NC(=O)CNC(=O)[C@H](CCCCN)NC1=O)[C@@H](C)O. The van der Waals surface area contributed by atoms with E-state index < -0.39 is 228 Å². The molecule has 0 spiro atoms. The fourth-order valence-electron chi connectivity index (χ4n) is 15.0. The van der Waals surface area contributed by atoms with Gasteiger partial charge < -0.3 is 129 Å². The highest BCUT2D eigenvalue weighted by Crippen LogP contribution is 2.23. The summed E-state index contributed by atoms with van der Waals surface area (Å²) in [5, 5.41) is 60.9. The van der Waals surface area contributed by atoms with Crippen molar-refractivity contribution in [3.8, 4) is 0 Å². The molecule has 0 unspecified atom stereocenters. The van der Waals surface area contributed by atoms with Crippen LogP contribution in [0.3, 0.4) is 0 Å². The number of aliphatic hydroxyl groups excluding tert-OH is 1. The number of fused-ring (bicyclic) bond motifs is 1. The van der Waals surface area contributed by atoms with Gasteiger partial charge in [-0.05, 0) is 210 Å². The van der Waals surface area contributed by atoms with Gasteiger partial charge in [-0.25, -0.2) is 0 Å². The van der Waals surface area contributed by atoms with Gasteiger partial charge in [-0.3, -0.25) is 86.3 Å². The Hall–Kier alpha value is -12.0. The lowest BCUT2D eigenvalue weighted by Gasteiger charge is -2.33. The molecule has 740 valence electrons. The van der Waals surface area contributed by atoms with Gasteiger partial charge in [-0.15, -0.1) is 0 Å². The maximum absolute atomic E-state index is 15.4. The molecule has 0 saturated carbocycles. The topological polar surface area (TPSA) is 700 Å². The van der Waals surface area contributed by atoms with Crippen LogP contribution in [0.4, 0.5) is 0 Å². The average Bonchev–Trinajstić information content (AvgIpc) is 1.80. The number of carbonyl (C=O) groups is 18. The zero-order chi connectivity index (χ0) is 99.0. The van der Waals surface area contributed by atoms with Gasteiger partial charge in [0.15, 0.2) is 0 Å². The van der Waals surface area contributed by atoms with E-state index >= 15 is 19.2 Å². The van der Waals surface area contributed by atoms with Crippen molar-refractivity contribution in [1.29, 1.82) is 0 Å². The Balaban J connectivity index is 1.79. The Bertz CT molecular complexity index is 4380. The van der Waals surface area contributed by atoms with E-state index in [-0.39, 0.29) is 141 Å². The molecule has 0 fully saturated rings. The normalized spacial score (nSPS) is 18.7. The van der Waals surface area contributed by atoms with Gasteiger partial charge in [0.1, 0.15) is 84.1 Å². The molecule has 1 aliphatic heterocycles. The Morgan fingerprint density at radius 2 is 0.992 bits per heavy atom. The zero-order valence-electron chi connectivity index (χ0n) is 78.2. The second-order valence-electron chi connectivity index (χ2n) is 35.3. The van der Waals surface area contributed by atoms with Crippen molar-refractivity contribution < 1.29 is 96.5 Å². The molecular weight excluding hydrogens is 1720 g/mol. The number of unbranched alkanes of at least 4 members (excludes halogenated alkanes) is 4. The smallest absolute Gasteiger partial charge is 0.305 e. The van der Waals surface area contributed by atoms with Crippen molar-refractivity contribution in [3.63, 3.8) is 0 Å². The predicted molar refractivity (Wildman–Crippen MR) is 496 cm³/mol. The fourth-order valence-corrected chi connectivity index (χ4v) is 15.0. The molecule has 4 rings (SSSR count). The summed E-state index contributed by atoms with van der Waals surface area (Å²) in [5.74, 6) is -17.9. The van der Waals surface area contributed by atoms with Gasteiger partial charge in [-0.2, -0.15) is 0 Å². The third-order valence-corrected chi connectivity index (χ3v) is 22.4. The summed E-state index contributed by atoms with van der Waals surface area (Å²) in [4.78, 5) is 257. The third-order valence-electron chi connectivity index (χ3n) is 22.4. The van der Waals surface area contributed by atoms with Crippen molar-refractivity contribution in [1.82, 2.24) is 84.7 Å². The molecule has 2 heterocycles. The summed E-state index contributed by atoms with van der Waals surface area (Å²) >= 11 is 0. The monoisotopic (exact) mass is 1870 g/mol. The Kier molecular flexibility index (Phi) is 50.7. The number of carboxylic acids is 1. The van der Waals surface area contributed by atoms with Crippen LogP contribution >= 0.6 is 0 Å². The second kappa shape index (κ2) is 59.5. The predicted octanol–water partition coefficient (Wildman–Crippen LogP) is -1.95. The summed E-state index contributed by atoms with van der Waals surface area (Å²) in [7, 11) is 0. The van der Waals surface area contributed by atoms with Gasteiger partial charge in [0.05, 0.1) is 19.1 Å². The largest absolute Gasteiger partial charge is 0.481 e. The van der Waals surface area contributed by atoms with Crippen LogP contribution in [0.2, 0.25) is 0 Å². The van der Waals surface area contributed by atoms with E-state index in [1.807, 2.05) is 0 Å². The lowest BCUT2D eigenvalue weighted by Crippen LogP contribution is -2.64. The van der Waals surface area contributed by atoms with Crippen LogP contribution in [0, 0.1) is 17.8 Å². The molecule has 17 amide bonds. The maximum atomic E-state index is 15.4. The summed E-state index contributed by atoms with van der Waals surface area (Å²) in [5.41, 5.74) is 34.3. The number of nitrogens with two attached hydrogens (primary N) is 6. The van der Waals surface area contributed by atoms with Crippen molar-refractivity contribution >= 4 is 117 Å². The highest BCUT2D eigenvalue weighted by Gasteiger charge is 2.42. The third kappa shape index (κ3) is 41.3. The molecule has 42 nitrogen and oxygen atoms in total. The first-order valence-electron chi connectivity index (χ1n) is 46.1. The molecule has 1 aliphatic rings. The number of carboxylic acid groups (broad SMARTS) is 1. The molecule has 0 bridgehead atoms. The van der Waals surface area contributed by atoms with Crippen molar-refractivity contribution in [3.05, 3.63) is 84.1 Å². The number of aromatic amines is 1. The fraction of sp³-hybridized carbons (Fsp3) is 0.626. The van der Waals surface area contributed by atoms with E-state index in [9.17, 15) is 77.3 Å². The number of para-hydroxylation sites is 1. The zero-order valence-corrected chi connectivity index (χ0v) is 78.2. The van der Waals surface area contributed by atoms with Crippen LogP contribution in [0.5, 0.6) is 0 Å². The Morgan fingerprint density at radius 1 is 0.504 bits per heavy atom. The van der Waals surface area contributed by atoms with Crippen LogP contribution in [0.15, 0.2) is 72.9 Å². The van der Waals surface area contributed by atoms with Gasteiger partial charge >= 0.3 is 5.97 Å². The maximum Gasteiger partial charge on any atom is 0.305 e. The number of carbonyl (C=O) groups excluding carboxylic acids is 17. The van der Waals surface area contributed by atoms with Gasteiger partial charge in [0.25, 0.3) is 0 Å². The first kappa shape index (κ1) is 113. The molecule has 0 aliphatic carbocycles. The minimum absolute atomic E-state index is 0.0238. The van der Waals surface area contributed by atoms with Gasteiger partial charge in [-0.1, -0.05) is 102 Å². The van der Waals surface area contributed by atoms with E-state index in [0.29, 0.717) is 60.7 Å². The van der Waals surface area contributed by atoms with Crippen molar-refractivity contribution in [2.24, 2.45) is 52.2 Å². The number of aromatic nitrogens is 1. The number of H-pyrrole nitrogens is 1. The molecule has 42 heteroatoms. The molecule has 3 aromatic rings. The number of aliphatic carboxylic acids is 1. The highest BCUT2D eigenvalue weighted by atomic mass is 16.4. The van der Waals surface area contributed by atoms with E-state index in [0.717, 1.165) is 6.92 Å². The minimum atomic E-state index is -1.96. The number of aliphatic hydroxyl groups is 1. The molecule has 0 radical (unpaired) electrons. The number of rotatable bonds is 53. The van der Waals surface area contributed by atoms with Crippen LogP contribution in [-0.4, -0.2) is 244 Å². The molecular formula is C91H146N22O20. The summed E-state index contributed by atoms with van der Waals surface area (Å²) < 4.78 is 0. The lowest BCUT2D eigenvalue weighted by atomic mass is 9.91. The van der Waals surface area contributed by atoms with E-state index in [2.05, 4.69) is 84.7 Å². The van der Waals surface area contributed by atoms with E-state index in [1.54, 1.807) is 114 Å². The number of hydrogen-bond donors (Lipinski definition) is 24. The number of benzene rings is 2. The highest BCUT2D eigenvalue weighted by molar-refractivity contribution is 6.02. The Labute approximate surface area is 777 Å². The number of nitrogens with one attached hydrogen (secondary N) is 16. The van der Waals surface area contributed by atoms with E-state index in [4.69, 9.17) is 34.4 Å². The number of amides is 17. The van der Waals surface area contributed by atoms with Crippen molar-refractivity contribution in [2.45, 2.75) is 313 Å². The quantitative estimate of drug-likeness (QED) is 0.0216. The minimum Gasteiger partial charge on any atom is -0.481 e. The molecule has 15 atom stereocenters. The van der Waals surface area contributed by atoms with Crippen LogP contribution in [0.25, 0.3) is 10.9 Å². The lowest BCUT2D eigenvalue weighted by molar-refractivity contribution is -0.142. The van der Waals surface area contributed by atoms with Crippen molar-refractivity contribution in [2.75, 3.05) is 32.7 Å². The number of primary amides is 2. The second-order valence-corrected chi connectivity index (χ2v) is 35.3. The molecule has 30 N–H and O–H groups in total. The first-order valence-corrected chi connectivity index (χ1v) is 46.1. The molecule has 2 aromatic carbocycles. The Morgan fingerprint density at radius 3 is 1.54 bits per heavy atom. The first-order chi connectivity index (χ1) is 63.0. The standard InChI is InChI=1S/C91H146N22O20/c1-52(2)45-67(110-89(132)76(55(7)114)100-56(8)115)83(126)104-64(36-22-27-43-94)80(123)106-66(38-39-72(96)116)82(125)108-69(47-57-29-15-14-16-30-57)87(130)113-91(9)40-24-13-11-10-12-17-34-63(105-84(127)70(48-58-50-98-60-32-19-18-31-59(58)60)101-73(117)51-99-78(121)62(111-90(91)133)35-21-26-42-93)79(122)103-65(37-23-28-44-95)81(124)109-71(49-74(118)119)85(128)107-68(46-53(3)4)86(129)112-75(54(5)6)88(131)102-61(77(97)120)33-20-25-41-92/h10-11,14-16,18-19,29-32,50,52-55,61-71,75-76,98,114H,12-13,17,20-28,33-49,51,92-95H2,1-9H3,(H2,96,116)(H2,97,120)(H,99,121)(H,100,115)(H,101,117)(H,102,131)(H,103,122)(H,104,126)(H,105,127)(H,106,123)(H,107,128)(H,108,125)(H,109,124)(H,110,132)(H,111,133)(H,112,129)(H,113,130)(H,118,119)/b11-10-/t55-,61+,62+,63+,64+,65+,66+,67+,68+,69+,70+,71+,75+,76+,91+/m1/s1. The number of allylic oxidation sites excluding steroid dienone is 2. The molecule has 0 saturated heterocycles. The average molecular weight is 1870 g/mol.